The summed E-state index contributed by atoms with van der Waals surface area (Å²) in [6, 6.07) is 5.33. The molecule has 4 nitrogen and oxygen atoms in total. The van der Waals surface area contributed by atoms with Crippen LogP contribution in [0.2, 0.25) is 5.02 Å². The van der Waals surface area contributed by atoms with Gasteiger partial charge in [0.25, 0.3) is 0 Å². The van der Waals surface area contributed by atoms with Crippen LogP contribution in [-0.2, 0) is 4.79 Å². The fraction of sp³-hybridized carbons (Fsp3) is 0.500. The molecule has 0 radical (unpaired) electrons. The summed E-state index contributed by atoms with van der Waals surface area (Å²) in [5.41, 5.74) is 7.09. The third-order valence-electron chi connectivity index (χ3n) is 3.36. The largest absolute Gasteiger partial charge is 0.399 e. The number of nitrogen functional groups attached to an aromatic ring is 1. The lowest BCUT2D eigenvalue weighted by molar-refractivity contribution is -0.131. The van der Waals surface area contributed by atoms with Crippen LogP contribution in [0, 0.1) is 0 Å². The van der Waals surface area contributed by atoms with E-state index in [0.717, 1.165) is 31.6 Å². The van der Waals surface area contributed by atoms with Crippen molar-refractivity contribution in [2.45, 2.75) is 25.7 Å². The highest BCUT2D eigenvalue weighted by atomic mass is 35.5. The number of anilines is 2. The van der Waals surface area contributed by atoms with Crippen LogP contribution < -0.4 is 11.1 Å². The summed E-state index contributed by atoms with van der Waals surface area (Å²) < 4.78 is 0. The molecule has 19 heavy (non-hydrogen) atoms. The molecule has 1 aliphatic heterocycles. The molecule has 1 fully saturated rings. The average Bonchev–Trinajstić information content (AvgIpc) is 2.42. The fourth-order valence-electron chi connectivity index (χ4n) is 2.28. The van der Waals surface area contributed by atoms with Crippen molar-refractivity contribution in [3.05, 3.63) is 23.2 Å². The number of amides is 1. The highest BCUT2D eigenvalue weighted by molar-refractivity contribution is 6.33. The quantitative estimate of drug-likeness (QED) is 0.835. The van der Waals surface area contributed by atoms with Crippen LogP contribution in [0.3, 0.4) is 0 Å². The maximum atomic E-state index is 12.0. The summed E-state index contributed by atoms with van der Waals surface area (Å²) in [7, 11) is 0. The molecule has 0 unspecified atom stereocenters. The van der Waals surface area contributed by atoms with Gasteiger partial charge in [-0.15, -0.1) is 0 Å². The zero-order valence-electron chi connectivity index (χ0n) is 11.0. The van der Waals surface area contributed by atoms with Gasteiger partial charge >= 0.3 is 0 Å². The molecule has 104 valence electrons. The minimum Gasteiger partial charge on any atom is -0.399 e. The van der Waals surface area contributed by atoms with E-state index in [1.807, 2.05) is 11.0 Å². The number of halogens is 1. The summed E-state index contributed by atoms with van der Waals surface area (Å²) in [6.07, 6.45) is 4.00. The van der Waals surface area contributed by atoms with Crippen molar-refractivity contribution in [3.63, 3.8) is 0 Å². The molecule has 1 aromatic rings. The first-order valence-electron chi connectivity index (χ1n) is 6.73. The number of rotatable bonds is 4. The Morgan fingerprint density at radius 2 is 2.05 bits per heavy atom. The van der Waals surface area contributed by atoms with E-state index >= 15 is 0 Å². The standard InChI is InChI=1S/C14H20ClN3O/c15-12-10-11(16)4-5-13(12)17-7-6-14(19)18-8-2-1-3-9-18/h4-5,10,17H,1-3,6-9,16H2. The first-order valence-corrected chi connectivity index (χ1v) is 7.11. The SMILES string of the molecule is Nc1ccc(NCCC(=O)N2CCCCC2)c(Cl)c1. The van der Waals surface area contributed by atoms with Crippen molar-refractivity contribution in [1.29, 1.82) is 0 Å². The second-order valence-corrected chi connectivity index (χ2v) is 5.26. The molecular formula is C14H20ClN3O. The molecule has 0 saturated carbocycles. The number of nitrogens with two attached hydrogens (primary N) is 1. The number of hydrogen-bond acceptors (Lipinski definition) is 3. The van der Waals surface area contributed by atoms with Gasteiger partial charge in [-0.2, -0.15) is 0 Å². The number of hydrogen-bond donors (Lipinski definition) is 2. The Balaban J connectivity index is 1.78. The Hall–Kier alpha value is -1.42. The lowest BCUT2D eigenvalue weighted by Gasteiger charge is -2.26. The van der Waals surface area contributed by atoms with E-state index < -0.39 is 0 Å². The van der Waals surface area contributed by atoms with Crippen molar-refractivity contribution in [2.24, 2.45) is 0 Å². The van der Waals surface area contributed by atoms with Crippen LogP contribution in [-0.4, -0.2) is 30.4 Å². The van der Waals surface area contributed by atoms with Crippen molar-refractivity contribution < 1.29 is 4.79 Å². The maximum absolute atomic E-state index is 12.0. The predicted octanol–water partition coefficient (Wildman–Crippen LogP) is 2.74. The van der Waals surface area contributed by atoms with Gasteiger partial charge in [0.1, 0.15) is 0 Å². The number of benzene rings is 1. The molecule has 0 spiro atoms. The third-order valence-corrected chi connectivity index (χ3v) is 3.67. The summed E-state index contributed by atoms with van der Waals surface area (Å²) in [6.45, 7) is 2.40. The summed E-state index contributed by atoms with van der Waals surface area (Å²) in [5, 5.41) is 3.76. The van der Waals surface area contributed by atoms with Gasteiger partial charge in [-0.3, -0.25) is 4.79 Å². The molecule has 0 aliphatic carbocycles. The van der Waals surface area contributed by atoms with Crippen molar-refractivity contribution in [2.75, 3.05) is 30.7 Å². The third kappa shape index (κ3) is 4.03. The Labute approximate surface area is 118 Å². The van der Waals surface area contributed by atoms with E-state index in [1.54, 1.807) is 12.1 Å². The molecule has 1 saturated heterocycles. The molecule has 0 bridgehead atoms. The minimum atomic E-state index is 0.221. The van der Waals surface area contributed by atoms with Gasteiger partial charge in [0, 0.05) is 31.7 Å². The highest BCUT2D eigenvalue weighted by Crippen LogP contribution is 2.23. The second-order valence-electron chi connectivity index (χ2n) is 4.86. The van der Waals surface area contributed by atoms with E-state index in [0.29, 0.717) is 23.7 Å². The number of nitrogens with zero attached hydrogens (tertiary/aromatic N) is 1. The Morgan fingerprint density at radius 3 is 2.74 bits per heavy atom. The summed E-state index contributed by atoms with van der Waals surface area (Å²) in [4.78, 5) is 13.9. The molecule has 1 aliphatic rings. The van der Waals surface area contributed by atoms with Gasteiger partial charge in [0.2, 0.25) is 5.91 Å². The number of piperidine rings is 1. The topological polar surface area (TPSA) is 58.4 Å². The minimum absolute atomic E-state index is 0.221. The van der Waals surface area contributed by atoms with Crippen LogP contribution >= 0.6 is 11.6 Å². The van der Waals surface area contributed by atoms with Crippen molar-refractivity contribution >= 4 is 28.9 Å². The second kappa shape index (κ2) is 6.66. The van der Waals surface area contributed by atoms with Crippen LogP contribution in [0.1, 0.15) is 25.7 Å². The first kappa shape index (κ1) is 14.0. The molecule has 1 heterocycles. The predicted molar refractivity (Wildman–Crippen MR) is 79.4 cm³/mol. The van der Waals surface area contributed by atoms with Gasteiger partial charge in [-0.25, -0.2) is 0 Å². The molecular weight excluding hydrogens is 262 g/mol. The van der Waals surface area contributed by atoms with Gasteiger partial charge in [-0.05, 0) is 37.5 Å². The van der Waals surface area contributed by atoms with Gasteiger partial charge in [-0.1, -0.05) is 11.6 Å². The maximum Gasteiger partial charge on any atom is 0.224 e. The number of likely N-dealkylation sites (tertiary alicyclic amines) is 1. The van der Waals surface area contributed by atoms with Crippen molar-refractivity contribution in [3.8, 4) is 0 Å². The Morgan fingerprint density at radius 1 is 1.32 bits per heavy atom. The zero-order valence-corrected chi connectivity index (χ0v) is 11.7. The molecule has 1 aromatic carbocycles. The first-order chi connectivity index (χ1) is 9.16. The normalized spacial score (nSPS) is 15.3. The lowest BCUT2D eigenvalue weighted by atomic mass is 10.1. The number of carbonyl (C=O) groups is 1. The summed E-state index contributed by atoms with van der Waals surface area (Å²) >= 11 is 6.06. The lowest BCUT2D eigenvalue weighted by Crippen LogP contribution is -2.36. The van der Waals surface area contributed by atoms with Crippen molar-refractivity contribution in [1.82, 2.24) is 4.90 Å². The monoisotopic (exact) mass is 281 g/mol. The molecule has 3 N–H and O–H groups in total. The van der Waals surface area contributed by atoms with Crippen LogP contribution in [0.5, 0.6) is 0 Å². The highest BCUT2D eigenvalue weighted by Gasteiger charge is 2.15. The van der Waals surface area contributed by atoms with E-state index in [1.165, 1.54) is 6.42 Å². The van der Waals surface area contributed by atoms with E-state index in [4.69, 9.17) is 17.3 Å². The molecule has 0 aromatic heterocycles. The smallest absolute Gasteiger partial charge is 0.224 e. The zero-order chi connectivity index (χ0) is 13.7. The Bertz CT molecular complexity index is 444. The molecule has 1 amide bonds. The van der Waals surface area contributed by atoms with Crippen LogP contribution in [0.4, 0.5) is 11.4 Å². The van der Waals surface area contributed by atoms with Gasteiger partial charge in [0.15, 0.2) is 0 Å². The van der Waals surface area contributed by atoms with Crippen LogP contribution in [0.15, 0.2) is 18.2 Å². The van der Waals surface area contributed by atoms with E-state index in [-0.39, 0.29) is 5.91 Å². The average molecular weight is 282 g/mol. The van der Waals surface area contributed by atoms with Gasteiger partial charge < -0.3 is 16.0 Å². The van der Waals surface area contributed by atoms with Crippen LogP contribution in [0.25, 0.3) is 0 Å². The molecule has 0 atom stereocenters. The molecule has 5 heteroatoms. The number of carbonyl (C=O) groups excluding carboxylic acids is 1. The van der Waals surface area contributed by atoms with E-state index in [2.05, 4.69) is 5.32 Å². The molecule has 2 rings (SSSR count). The summed E-state index contributed by atoms with van der Waals surface area (Å²) in [5.74, 6) is 0.221. The fourth-order valence-corrected chi connectivity index (χ4v) is 2.54. The number of nitrogens with one attached hydrogen (secondary N) is 1. The van der Waals surface area contributed by atoms with Gasteiger partial charge in [0.05, 0.1) is 10.7 Å². The Kier molecular flexibility index (Phi) is 4.91. The van der Waals surface area contributed by atoms with E-state index in [9.17, 15) is 4.79 Å².